The summed E-state index contributed by atoms with van der Waals surface area (Å²) in [7, 11) is 1.59. The molecular formula is C22H25BrN2O3. The largest absolute Gasteiger partial charge is 0.383 e. The molecule has 5 nitrogen and oxygen atoms in total. The van der Waals surface area contributed by atoms with Gasteiger partial charge >= 0.3 is 0 Å². The van der Waals surface area contributed by atoms with E-state index in [0.717, 1.165) is 10.9 Å². The van der Waals surface area contributed by atoms with Crippen LogP contribution in [-0.4, -0.2) is 55.0 Å². The van der Waals surface area contributed by atoms with Crippen molar-refractivity contribution in [3.05, 3.63) is 69.7 Å². The Balaban J connectivity index is 1.74. The van der Waals surface area contributed by atoms with Crippen LogP contribution < -0.4 is 0 Å². The molecule has 6 heteroatoms. The van der Waals surface area contributed by atoms with E-state index in [9.17, 15) is 9.59 Å². The molecule has 1 unspecified atom stereocenters. The minimum absolute atomic E-state index is 0.00417. The van der Waals surface area contributed by atoms with E-state index < -0.39 is 0 Å². The molecule has 2 aromatic rings. The molecule has 0 N–H and O–H groups in total. The van der Waals surface area contributed by atoms with Crippen molar-refractivity contribution in [1.82, 2.24) is 9.80 Å². The molecule has 1 aliphatic rings. The van der Waals surface area contributed by atoms with E-state index in [-0.39, 0.29) is 24.4 Å². The third-order valence-electron chi connectivity index (χ3n) is 5.18. The van der Waals surface area contributed by atoms with Gasteiger partial charge in [0.1, 0.15) is 6.54 Å². The number of ether oxygens (including phenoxy) is 1. The molecule has 2 amide bonds. The fraction of sp³-hybridized carbons (Fsp3) is 0.364. The van der Waals surface area contributed by atoms with E-state index in [1.165, 1.54) is 11.1 Å². The smallest absolute Gasteiger partial charge is 0.254 e. The Kier molecular flexibility index (Phi) is 6.86. The second kappa shape index (κ2) is 9.34. The summed E-state index contributed by atoms with van der Waals surface area (Å²) in [6.07, 6.45) is 0.838. The van der Waals surface area contributed by atoms with Crippen LogP contribution in [0.15, 0.2) is 53.0 Å². The number of fused-ring (bicyclic) bond motifs is 1. The number of rotatable bonds is 6. The van der Waals surface area contributed by atoms with Gasteiger partial charge in [-0.3, -0.25) is 9.59 Å². The average Bonchev–Trinajstić information content (AvgIpc) is 2.71. The Bertz CT molecular complexity index is 838. The van der Waals surface area contributed by atoms with Crippen molar-refractivity contribution >= 4 is 27.7 Å². The first-order valence-electron chi connectivity index (χ1n) is 9.42. The summed E-state index contributed by atoms with van der Waals surface area (Å²) in [6.45, 7) is 3.52. The normalized spacial score (nSPS) is 15.8. The van der Waals surface area contributed by atoms with E-state index in [1.807, 2.05) is 36.1 Å². The van der Waals surface area contributed by atoms with Crippen molar-refractivity contribution < 1.29 is 14.3 Å². The predicted molar refractivity (Wildman–Crippen MR) is 112 cm³/mol. The van der Waals surface area contributed by atoms with Gasteiger partial charge in [-0.2, -0.15) is 0 Å². The highest BCUT2D eigenvalue weighted by molar-refractivity contribution is 9.10. The van der Waals surface area contributed by atoms with E-state index in [0.29, 0.717) is 25.3 Å². The number of nitrogens with zero attached hydrogens (tertiary/aromatic N) is 2. The lowest BCUT2D eigenvalue weighted by Gasteiger charge is -2.36. The first kappa shape index (κ1) is 20.6. The Morgan fingerprint density at radius 3 is 2.61 bits per heavy atom. The lowest BCUT2D eigenvalue weighted by Crippen LogP contribution is -2.46. The predicted octanol–water partition coefficient (Wildman–Crippen LogP) is 3.68. The molecule has 0 bridgehead atoms. The van der Waals surface area contributed by atoms with Gasteiger partial charge in [0.2, 0.25) is 5.91 Å². The van der Waals surface area contributed by atoms with Crippen LogP contribution in [0.2, 0.25) is 0 Å². The molecule has 0 saturated heterocycles. The number of halogens is 1. The van der Waals surface area contributed by atoms with E-state index in [2.05, 4.69) is 28.1 Å². The van der Waals surface area contributed by atoms with E-state index in [4.69, 9.17) is 4.74 Å². The third kappa shape index (κ3) is 4.62. The average molecular weight is 445 g/mol. The molecule has 0 aromatic heterocycles. The number of amides is 2. The van der Waals surface area contributed by atoms with Crippen LogP contribution in [0.25, 0.3) is 0 Å². The lowest BCUT2D eigenvalue weighted by molar-refractivity contribution is -0.134. The van der Waals surface area contributed by atoms with Crippen LogP contribution in [0.3, 0.4) is 0 Å². The first-order chi connectivity index (χ1) is 13.5. The van der Waals surface area contributed by atoms with E-state index in [1.54, 1.807) is 24.1 Å². The molecule has 0 fully saturated rings. The van der Waals surface area contributed by atoms with Crippen LogP contribution in [0.5, 0.6) is 0 Å². The van der Waals surface area contributed by atoms with Crippen molar-refractivity contribution in [2.45, 2.75) is 19.4 Å². The van der Waals surface area contributed by atoms with E-state index >= 15 is 0 Å². The van der Waals surface area contributed by atoms with Crippen LogP contribution in [-0.2, 0) is 16.0 Å². The molecule has 1 atom stereocenters. The number of hydrogen-bond donors (Lipinski definition) is 0. The van der Waals surface area contributed by atoms with Crippen LogP contribution in [0, 0.1) is 0 Å². The maximum atomic E-state index is 13.1. The van der Waals surface area contributed by atoms with Crippen molar-refractivity contribution in [1.29, 1.82) is 0 Å². The topological polar surface area (TPSA) is 49.9 Å². The van der Waals surface area contributed by atoms with Gasteiger partial charge in [0.15, 0.2) is 0 Å². The van der Waals surface area contributed by atoms with Gasteiger partial charge in [-0.25, -0.2) is 0 Å². The van der Waals surface area contributed by atoms with Gasteiger partial charge in [-0.05, 0) is 48.7 Å². The van der Waals surface area contributed by atoms with Gasteiger partial charge in [0.05, 0.1) is 12.6 Å². The Hall–Kier alpha value is -2.18. The number of benzene rings is 2. The fourth-order valence-electron chi connectivity index (χ4n) is 3.60. The second-order valence-corrected chi connectivity index (χ2v) is 7.85. The second-order valence-electron chi connectivity index (χ2n) is 6.94. The zero-order chi connectivity index (χ0) is 20.1. The molecule has 1 aliphatic heterocycles. The van der Waals surface area contributed by atoms with Crippen molar-refractivity contribution in [3.8, 4) is 0 Å². The summed E-state index contributed by atoms with van der Waals surface area (Å²) in [6, 6.07) is 15.4. The molecule has 0 saturated carbocycles. The summed E-state index contributed by atoms with van der Waals surface area (Å²) in [4.78, 5) is 29.5. The van der Waals surface area contributed by atoms with Gasteiger partial charge in [-0.15, -0.1) is 0 Å². The number of hydrogen-bond acceptors (Lipinski definition) is 3. The molecule has 0 spiro atoms. The Labute approximate surface area is 174 Å². The summed E-state index contributed by atoms with van der Waals surface area (Å²) in [5.74, 6) is -0.202. The van der Waals surface area contributed by atoms with Gasteiger partial charge < -0.3 is 14.5 Å². The van der Waals surface area contributed by atoms with Crippen LogP contribution in [0.1, 0.15) is 34.5 Å². The number of carbonyl (C=O) groups excluding carboxylic acids is 2. The summed E-state index contributed by atoms with van der Waals surface area (Å²) in [5.41, 5.74) is 3.04. The van der Waals surface area contributed by atoms with Crippen LogP contribution in [0.4, 0.5) is 0 Å². The zero-order valence-corrected chi connectivity index (χ0v) is 17.8. The molecule has 2 aromatic carbocycles. The summed E-state index contributed by atoms with van der Waals surface area (Å²) in [5, 5.41) is 0. The fourth-order valence-corrected chi connectivity index (χ4v) is 3.86. The molecule has 3 rings (SSSR count). The monoisotopic (exact) mass is 444 g/mol. The van der Waals surface area contributed by atoms with Crippen molar-refractivity contribution in [3.63, 3.8) is 0 Å². The van der Waals surface area contributed by atoms with Crippen LogP contribution >= 0.6 is 15.9 Å². The van der Waals surface area contributed by atoms with Crippen molar-refractivity contribution in [2.24, 2.45) is 0 Å². The third-order valence-corrected chi connectivity index (χ3v) is 5.71. The standard InChI is InChI=1S/C22H25BrN2O3/c1-16-20-6-4-3-5-17(20)11-12-25(16)21(26)15-24(13-14-28-2)22(27)18-7-9-19(23)10-8-18/h3-10,16H,11-15H2,1-2H3. The Morgan fingerprint density at radius 1 is 1.18 bits per heavy atom. The molecule has 0 aliphatic carbocycles. The maximum absolute atomic E-state index is 13.1. The van der Waals surface area contributed by atoms with Gasteiger partial charge in [0, 0.05) is 30.2 Å². The highest BCUT2D eigenvalue weighted by Gasteiger charge is 2.29. The molecule has 148 valence electrons. The SMILES string of the molecule is COCCN(CC(=O)N1CCc2ccccc2C1C)C(=O)c1ccc(Br)cc1. The minimum atomic E-state index is -0.164. The quantitative estimate of drug-likeness (QED) is 0.682. The summed E-state index contributed by atoms with van der Waals surface area (Å²) < 4.78 is 6.05. The number of methoxy groups -OCH3 is 1. The highest BCUT2D eigenvalue weighted by Crippen LogP contribution is 2.29. The summed E-state index contributed by atoms with van der Waals surface area (Å²) >= 11 is 3.38. The van der Waals surface area contributed by atoms with Gasteiger partial charge in [-0.1, -0.05) is 40.2 Å². The van der Waals surface area contributed by atoms with Gasteiger partial charge in [0.25, 0.3) is 5.91 Å². The maximum Gasteiger partial charge on any atom is 0.254 e. The minimum Gasteiger partial charge on any atom is -0.383 e. The molecule has 28 heavy (non-hydrogen) atoms. The lowest BCUT2D eigenvalue weighted by atomic mass is 9.93. The highest BCUT2D eigenvalue weighted by atomic mass is 79.9. The molecular weight excluding hydrogens is 420 g/mol. The molecule has 1 heterocycles. The number of carbonyl (C=O) groups is 2. The van der Waals surface area contributed by atoms with Crippen molar-refractivity contribution in [2.75, 3.05) is 33.4 Å². The zero-order valence-electron chi connectivity index (χ0n) is 16.2. The first-order valence-corrected chi connectivity index (χ1v) is 10.2. The Morgan fingerprint density at radius 2 is 1.89 bits per heavy atom. The molecule has 0 radical (unpaired) electrons.